The van der Waals surface area contributed by atoms with Crippen LogP contribution in [0, 0.1) is 43.3 Å². The largest absolute Gasteiger partial charge is 0.272 e. The Hall–Kier alpha value is -1.06. The number of hydrogen-bond donors (Lipinski definition) is 0. The first-order valence-electron chi connectivity index (χ1n) is 15.7. The first-order valence-corrected chi connectivity index (χ1v) is 15.7. The van der Waals surface area contributed by atoms with E-state index in [1.807, 2.05) is 0 Å². The molecule has 0 aromatic carbocycles. The molecule has 1 saturated heterocycles. The maximum Gasteiger partial charge on any atom is 0.247 e. The molecule has 0 aromatic heterocycles. The average Bonchev–Trinajstić information content (AvgIpc) is 2.91. The maximum absolute atomic E-state index is 14.9. The highest BCUT2D eigenvalue weighted by atomic mass is 16.2. The van der Waals surface area contributed by atoms with Crippen molar-refractivity contribution in [3.63, 3.8) is 0 Å². The van der Waals surface area contributed by atoms with Gasteiger partial charge in [0.25, 0.3) is 0 Å². The fourth-order valence-corrected chi connectivity index (χ4v) is 14.9. The van der Waals surface area contributed by atoms with Crippen LogP contribution in [0.3, 0.4) is 0 Å². The van der Waals surface area contributed by atoms with Crippen LogP contribution in [0.2, 0.25) is 0 Å². The summed E-state index contributed by atoms with van der Waals surface area (Å²) in [5, 5.41) is 4.12. The van der Waals surface area contributed by atoms with Crippen LogP contribution in [-0.2, 0) is 9.59 Å². The summed E-state index contributed by atoms with van der Waals surface area (Å²) in [5.74, 6) is 0.637. The van der Waals surface area contributed by atoms with Gasteiger partial charge in [-0.2, -0.15) is 0 Å². The van der Waals surface area contributed by atoms with Gasteiger partial charge in [0, 0.05) is 13.1 Å². The predicted octanol–water partition coefficient (Wildman–Crippen LogP) is 7.52. The van der Waals surface area contributed by atoms with Crippen LogP contribution in [0.4, 0.5) is 0 Å². The Labute approximate surface area is 225 Å². The molecule has 9 aliphatic rings. The minimum Gasteiger partial charge on any atom is -0.272 e. The summed E-state index contributed by atoms with van der Waals surface area (Å²) in [6.45, 7) is 16.3. The lowest BCUT2D eigenvalue weighted by Gasteiger charge is -2.69. The van der Waals surface area contributed by atoms with Gasteiger partial charge in [-0.05, 0) is 129 Å². The Balaban J connectivity index is 1.24. The number of amides is 2. The number of rotatable bonds is 2. The normalized spacial score (nSPS) is 56.1. The lowest BCUT2D eigenvalue weighted by atomic mass is 9.36. The van der Waals surface area contributed by atoms with Crippen molar-refractivity contribution in [3.05, 3.63) is 0 Å². The van der Waals surface area contributed by atoms with E-state index < -0.39 is 0 Å². The van der Waals surface area contributed by atoms with E-state index in [1.165, 1.54) is 38.5 Å². The van der Waals surface area contributed by atoms with E-state index >= 15 is 0 Å². The van der Waals surface area contributed by atoms with E-state index in [1.54, 1.807) is 0 Å². The molecular formula is C33H52N2O2. The van der Waals surface area contributed by atoms with Crippen LogP contribution >= 0.6 is 0 Å². The molecule has 4 nitrogen and oxygen atoms in total. The van der Waals surface area contributed by atoms with Crippen LogP contribution in [0.5, 0.6) is 0 Å². The zero-order valence-electron chi connectivity index (χ0n) is 24.7. The highest BCUT2D eigenvalue weighted by Crippen LogP contribution is 2.75. The second-order valence-corrected chi connectivity index (χ2v) is 18.5. The van der Waals surface area contributed by atoms with Crippen molar-refractivity contribution < 1.29 is 9.59 Å². The Morgan fingerprint density at radius 1 is 0.405 bits per heavy atom. The highest BCUT2D eigenvalue weighted by molar-refractivity contribution is 5.89. The van der Waals surface area contributed by atoms with Gasteiger partial charge in [-0.3, -0.25) is 19.6 Å². The summed E-state index contributed by atoms with van der Waals surface area (Å²) in [6.07, 6.45) is 17.0. The Morgan fingerprint density at radius 2 is 0.649 bits per heavy atom. The maximum atomic E-state index is 14.9. The van der Waals surface area contributed by atoms with Gasteiger partial charge < -0.3 is 0 Å². The SMILES string of the molecule is CC12CC3(C)CC(C)(C1)CC(C(=O)N1CCCCCN1C(=O)C14CC5(C)CC(C)(CC(C)(C5)C1)C4)(C2)C3. The molecule has 8 bridgehead atoms. The van der Waals surface area contributed by atoms with Crippen molar-refractivity contribution in [2.24, 2.45) is 43.3 Å². The molecule has 4 heteroatoms. The van der Waals surface area contributed by atoms with Crippen molar-refractivity contribution in [3.8, 4) is 0 Å². The number of carbonyl (C=O) groups excluding carboxylic acids is 2. The summed E-state index contributed by atoms with van der Waals surface area (Å²) in [4.78, 5) is 29.8. The molecule has 8 saturated carbocycles. The Kier molecular flexibility index (Phi) is 4.71. The van der Waals surface area contributed by atoms with E-state index in [9.17, 15) is 9.59 Å². The summed E-state index contributed by atoms with van der Waals surface area (Å²) < 4.78 is 0. The predicted molar refractivity (Wildman–Crippen MR) is 146 cm³/mol. The van der Waals surface area contributed by atoms with Gasteiger partial charge in [-0.25, -0.2) is 0 Å². The fraction of sp³-hybridized carbons (Fsp3) is 0.939. The van der Waals surface area contributed by atoms with E-state index in [0.29, 0.717) is 11.8 Å². The molecule has 2 amide bonds. The molecule has 9 fully saturated rings. The van der Waals surface area contributed by atoms with Gasteiger partial charge in [0.1, 0.15) is 0 Å². The summed E-state index contributed by atoms with van der Waals surface area (Å²) in [5.41, 5.74) is 1.07. The second kappa shape index (κ2) is 6.98. The van der Waals surface area contributed by atoms with Crippen molar-refractivity contribution in [2.45, 2.75) is 138 Å². The minimum atomic E-state index is -0.277. The summed E-state index contributed by atoms with van der Waals surface area (Å²) >= 11 is 0. The van der Waals surface area contributed by atoms with E-state index in [0.717, 1.165) is 70.9 Å². The zero-order valence-corrected chi connectivity index (χ0v) is 24.7. The van der Waals surface area contributed by atoms with Crippen molar-refractivity contribution in [1.29, 1.82) is 0 Å². The van der Waals surface area contributed by atoms with E-state index in [2.05, 4.69) is 51.6 Å². The number of nitrogens with zero attached hydrogens (tertiary/aromatic N) is 2. The molecule has 37 heavy (non-hydrogen) atoms. The van der Waals surface area contributed by atoms with Gasteiger partial charge in [0.2, 0.25) is 11.8 Å². The molecular weight excluding hydrogens is 456 g/mol. The standard InChI is InChI=1S/C33H52N2O2/c1-26-12-27(2)14-28(3,13-26)20-32(18-26,19-27)24(36)34-10-8-7-9-11-35(34)25(37)33-21-29(4)15-30(5,22-33)17-31(6,16-29)23-33/h7-23H2,1-6H3. The molecule has 1 aliphatic heterocycles. The monoisotopic (exact) mass is 508 g/mol. The topological polar surface area (TPSA) is 40.6 Å². The summed E-state index contributed by atoms with van der Waals surface area (Å²) in [7, 11) is 0. The van der Waals surface area contributed by atoms with Gasteiger partial charge in [-0.15, -0.1) is 0 Å². The molecule has 8 aliphatic carbocycles. The lowest BCUT2D eigenvalue weighted by molar-refractivity contribution is -0.221. The van der Waals surface area contributed by atoms with Gasteiger partial charge in [0.15, 0.2) is 0 Å². The van der Waals surface area contributed by atoms with E-state index in [4.69, 9.17) is 0 Å². The first kappa shape index (κ1) is 24.9. The van der Waals surface area contributed by atoms with Crippen LogP contribution in [0.15, 0.2) is 0 Å². The average molecular weight is 509 g/mol. The van der Waals surface area contributed by atoms with Crippen molar-refractivity contribution in [1.82, 2.24) is 10.0 Å². The van der Waals surface area contributed by atoms with Crippen LogP contribution in [0.25, 0.3) is 0 Å². The lowest BCUT2D eigenvalue weighted by Crippen LogP contribution is -2.68. The third-order valence-electron chi connectivity index (χ3n) is 12.6. The van der Waals surface area contributed by atoms with E-state index in [-0.39, 0.29) is 43.3 Å². The number of hydrazine groups is 1. The van der Waals surface area contributed by atoms with Crippen molar-refractivity contribution >= 4 is 11.8 Å². The number of carbonyl (C=O) groups is 2. The molecule has 1 heterocycles. The van der Waals surface area contributed by atoms with Gasteiger partial charge in [-0.1, -0.05) is 41.5 Å². The highest BCUT2D eigenvalue weighted by Gasteiger charge is 2.69. The third-order valence-corrected chi connectivity index (χ3v) is 12.6. The second-order valence-electron chi connectivity index (χ2n) is 18.5. The molecule has 0 N–H and O–H groups in total. The molecule has 206 valence electrons. The Morgan fingerprint density at radius 3 is 0.892 bits per heavy atom. The fourth-order valence-electron chi connectivity index (χ4n) is 14.9. The van der Waals surface area contributed by atoms with Crippen molar-refractivity contribution in [2.75, 3.05) is 13.1 Å². The van der Waals surface area contributed by atoms with Crippen LogP contribution < -0.4 is 0 Å². The smallest absolute Gasteiger partial charge is 0.247 e. The number of hydrogen-bond acceptors (Lipinski definition) is 2. The van der Waals surface area contributed by atoms with Gasteiger partial charge >= 0.3 is 0 Å². The third kappa shape index (κ3) is 3.58. The Bertz CT molecular complexity index is 871. The molecule has 0 atom stereocenters. The van der Waals surface area contributed by atoms with Crippen LogP contribution in [-0.4, -0.2) is 34.9 Å². The van der Waals surface area contributed by atoms with Gasteiger partial charge in [0.05, 0.1) is 10.8 Å². The molecule has 0 unspecified atom stereocenters. The molecule has 0 aromatic rings. The first-order chi connectivity index (χ1) is 17.0. The quantitative estimate of drug-likeness (QED) is 0.387. The zero-order chi connectivity index (χ0) is 26.3. The summed E-state index contributed by atoms with van der Waals surface area (Å²) in [6, 6.07) is 0. The molecule has 0 radical (unpaired) electrons. The molecule has 9 rings (SSSR count). The van der Waals surface area contributed by atoms with Crippen LogP contribution in [0.1, 0.15) is 138 Å². The molecule has 0 spiro atoms. The minimum absolute atomic E-state index is 0.270.